The molecule has 0 saturated carbocycles. The van der Waals surface area contributed by atoms with Gasteiger partial charge in [0.25, 0.3) is 0 Å². The van der Waals surface area contributed by atoms with E-state index in [4.69, 9.17) is 9.47 Å². The number of nitrogens with one attached hydrogen (secondary N) is 1. The smallest absolute Gasteiger partial charge is 0.243 e. The lowest BCUT2D eigenvalue weighted by Gasteiger charge is -2.34. The molecule has 3 aliphatic heterocycles. The Labute approximate surface area is 212 Å². The Morgan fingerprint density at radius 1 is 1.00 bits per heavy atom. The van der Waals surface area contributed by atoms with Crippen molar-refractivity contribution in [2.24, 2.45) is 0 Å². The number of ether oxygens (including phenoxy) is 2. The maximum atomic E-state index is 13.8. The molecule has 1 N–H and O–H groups in total. The van der Waals surface area contributed by atoms with Crippen molar-refractivity contribution in [1.82, 2.24) is 14.5 Å². The second-order valence-electron chi connectivity index (χ2n) is 9.86. The Bertz CT molecular complexity index is 1300. The van der Waals surface area contributed by atoms with Crippen LogP contribution in [0.15, 0.2) is 58.5 Å². The van der Waals surface area contributed by atoms with Crippen LogP contribution >= 0.6 is 0 Å². The number of fused-ring (bicyclic) bond motifs is 1. The Morgan fingerprint density at radius 3 is 2.36 bits per heavy atom. The zero-order valence-corrected chi connectivity index (χ0v) is 21.9. The maximum absolute atomic E-state index is 13.8. The summed E-state index contributed by atoms with van der Waals surface area (Å²) in [5.74, 6) is 1.07. The number of rotatable bonds is 7. The molecule has 2 aromatic rings. The third-order valence-electron chi connectivity index (χ3n) is 7.41. The van der Waals surface area contributed by atoms with Gasteiger partial charge in [-0.3, -0.25) is 4.79 Å². The van der Waals surface area contributed by atoms with E-state index in [1.54, 1.807) is 12.1 Å². The summed E-state index contributed by atoms with van der Waals surface area (Å²) in [6.45, 7) is 6.96. The third kappa shape index (κ3) is 4.29. The molecule has 9 heteroatoms. The van der Waals surface area contributed by atoms with Gasteiger partial charge in [0.2, 0.25) is 15.9 Å². The quantitative estimate of drug-likeness (QED) is 0.575. The van der Waals surface area contributed by atoms with E-state index in [1.807, 2.05) is 31.0 Å². The van der Waals surface area contributed by atoms with E-state index in [-0.39, 0.29) is 10.8 Å². The first kappa shape index (κ1) is 24.8. The highest BCUT2D eigenvalue weighted by Gasteiger charge is 2.43. The fourth-order valence-corrected chi connectivity index (χ4v) is 6.78. The molecular weight excluding hydrogens is 478 g/mol. The van der Waals surface area contributed by atoms with Gasteiger partial charge in [0.1, 0.15) is 13.2 Å². The van der Waals surface area contributed by atoms with E-state index < -0.39 is 15.4 Å². The Morgan fingerprint density at radius 2 is 1.69 bits per heavy atom. The van der Waals surface area contributed by atoms with Crippen molar-refractivity contribution in [3.05, 3.63) is 64.7 Å². The number of nitrogens with zero attached hydrogens (tertiary/aromatic N) is 2. The molecule has 0 saturated heterocycles. The third-order valence-corrected chi connectivity index (χ3v) is 9.20. The molecule has 0 bridgehead atoms. The molecular formula is C27H33N3O5S. The summed E-state index contributed by atoms with van der Waals surface area (Å²) in [6.07, 6.45) is 0.908. The minimum atomic E-state index is -3.70. The van der Waals surface area contributed by atoms with Crippen LogP contribution in [-0.4, -0.2) is 76.5 Å². The van der Waals surface area contributed by atoms with Gasteiger partial charge in [-0.15, -0.1) is 0 Å². The van der Waals surface area contributed by atoms with Crippen LogP contribution in [0.4, 0.5) is 0 Å². The number of aryl methyl sites for hydroxylation is 1. The van der Waals surface area contributed by atoms with E-state index in [1.165, 1.54) is 15.9 Å². The van der Waals surface area contributed by atoms with Crippen LogP contribution in [0.1, 0.15) is 25.0 Å². The molecule has 8 nitrogen and oxygen atoms in total. The first-order valence-corrected chi connectivity index (χ1v) is 13.8. The second kappa shape index (κ2) is 9.53. The lowest BCUT2D eigenvalue weighted by molar-refractivity contribution is -0.135. The molecule has 0 radical (unpaired) electrons. The van der Waals surface area contributed by atoms with Crippen molar-refractivity contribution >= 4 is 15.9 Å². The van der Waals surface area contributed by atoms with Gasteiger partial charge in [0.15, 0.2) is 11.5 Å². The molecule has 3 aliphatic rings. The number of likely N-dealkylation sites (N-methyl/N-ethyl adjacent to an activating group) is 1. The van der Waals surface area contributed by atoms with E-state index >= 15 is 0 Å². The van der Waals surface area contributed by atoms with Crippen molar-refractivity contribution in [2.45, 2.75) is 30.6 Å². The largest absolute Gasteiger partial charge is 0.486 e. The fourth-order valence-electron chi connectivity index (χ4n) is 5.33. The molecule has 1 atom stereocenters. The summed E-state index contributed by atoms with van der Waals surface area (Å²) in [4.78, 5) is 15.9. The van der Waals surface area contributed by atoms with Gasteiger partial charge in [0, 0.05) is 38.8 Å². The molecule has 2 aromatic carbocycles. The van der Waals surface area contributed by atoms with Gasteiger partial charge in [-0.25, -0.2) is 8.42 Å². The average Bonchev–Trinajstić information content (AvgIpc) is 3.48. The van der Waals surface area contributed by atoms with Crippen LogP contribution in [0.5, 0.6) is 11.5 Å². The average molecular weight is 512 g/mol. The van der Waals surface area contributed by atoms with Gasteiger partial charge >= 0.3 is 0 Å². The first-order valence-electron chi connectivity index (χ1n) is 12.4. The van der Waals surface area contributed by atoms with Crippen LogP contribution in [-0.2, 0) is 26.7 Å². The molecule has 0 fully saturated rings. The van der Waals surface area contributed by atoms with Crippen LogP contribution < -0.4 is 14.8 Å². The van der Waals surface area contributed by atoms with Crippen molar-refractivity contribution in [1.29, 1.82) is 0 Å². The SMILES string of the molecule is CCc1cccc(C(C)(CNC)C(=O)N2CC3=C(C2)CN(S(=O)(=O)c2ccc4c(c2)OCCO4)C3)c1. The van der Waals surface area contributed by atoms with Crippen molar-refractivity contribution in [3.63, 3.8) is 0 Å². The van der Waals surface area contributed by atoms with Gasteiger partial charge in [-0.1, -0.05) is 31.2 Å². The fraction of sp³-hybridized carbons (Fsp3) is 0.444. The summed E-state index contributed by atoms with van der Waals surface area (Å²) in [5, 5.41) is 3.20. The van der Waals surface area contributed by atoms with E-state index in [0.717, 1.165) is 23.1 Å². The Kier molecular flexibility index (Phi) is 6.57. The molecule has 1 unspecified atom stereocenters. The molecule has 1 amide bonds. The number of amides is 1. The van der Waals surface area contributed by atoms with Gasteiger partial charge < -0.3 is 19.7 Å². The predicted octanol–water partition coefficient (Wildman–Crippen LogP) is 2.34. The topological polar surface area (TPSA) is 88.2 Å². The van der Waals surface area contributed by atoms with Crippen molar-refractivity contribution < 1.29 is 22.7 Å². The Hall–Kier alpha value is -2.88. The monoisotopic (exact) mass is 511 g/mol. The minimum absolute atomic E-state index is 0.0562. The number of hydrogen-bond acceptors (Lipinski definition) is 6. The standard InChI is InChI=1S/C27H33N3O5S/c1-4-19-6-5-7-22(12-19)27(2,18-28-3)26(31)29-14-20-16-30(17-21(20)15-29)36(32,33)23-8-9-24-25(13-23)35-11-10-34-24/h5-9,12-13,28H,4,10-11,14-18H2,1-3H3. The molecule has 0 spiro atoms. The summed E-state index contributed by atoms with van der Waals surface area (Å²) in [7, 11) is -1.84. The van der Waals surface area contributed by atoms with E-state index in [0.29, 0.717) is 57.4 Å². The molecule has 192 valence electrons. The van der Waals surface area contributed by atoms with E-state index in [9.17, 15) is 13.2 Å². The normalized spacial score (nSPS) is 19.4. The summed E-state index contributed by atoms with van der Waals surface area (Å²) in [6, 6.07) is 13.0. The van der Waals surface area contributed by atoms with Gasteiger partial charge in [-0.05, 0) is 54.8 Å². The van der Waals surface area contributed by atoms with Crippen LogP contribution in [0.3, 0.4) is 0 Å². The molecule has 36 heavy (non-hydrogen) atoms. The molecule has 3 heterocycles. The minimum Gasteiger partial charge on any atom is -0.486 e. The van der Waals surface area contributed by atoms with E-state index in [2.05, 4.69) is 24.4 Å². The molecule has 0 aliphatic carbocycles. The van der Waals surface area contributed by atoms with Crippen molar-refractivity contribution in [2.75, 3.05) is 53.0 Å². The molecule has 0 aromatic heterocycles. The zero-order chi connectivity index (χ0) is 25.5. The molecule has 5 rings (SSSR count). The van der Waals surface area contributed by atoms with Crippen LogP contribution in [0.25, 0.3) is 0 Å². The highest BCUT2D eigenvalue weighted by Crippen LogP contribution is 2.36. The lowest BCUT2D eigenvalue weighted by atomic mass is 9.80. The highest BCUT2D eigenvalue weighted by molar-refractivity contribution is 7.89. The summed E-state index contributed by atoms with van der Waals surface area (Å²) < 4.78 is 39.3. The second-order valence-corrected chi connectivity index (χ2v) is 11.8. The number of hydrogen-bond donors (Lipinski definition) is 1. The lowest BCUT2D eigenvalue weighted by Crippen LogP contribution is -2.50. The van der Waals surface area contributed by atoms with Gasteiger partial charge in [0.05, 0.1) is 10.3 Å². The van der Waals surface area contributed by atoms with Gasteiger partial charge in [-0.2, -0.15) is 4.31 Å². The van der Waals surface area contributed by atoms with Crippen LogP contribution in [0, 0.1) is 0 Å². The number of sulfonamides is 1. The highest BCUT2D eigenvalue weighted by atomic mass is 32.2. The summed E-state index contributed by atoms with van der Waals surface area (Å²) in [5.41, 5.74) is 3.51. The maximum Gasteiger partial charge on any atom is 0.243 e. The number of carbonyl (C=O) groups excluding carboxylic acids is 1. The predicted molar refractivity (Wildman–Crippen MR) is 137 cm³/mol. The van der Waals surface area contributed by atoms with Crippen molar-refractivity contribution in [3.8, 4) is 11.5 Å². The number of benzene rings is 2. The first-order chi connectivity index (χ1) is 17.3. The summed E-state index contributed by atoms with van der Waals surface area (Å²) >= 11 is 0. The number of carbonyl (C=O) groups is 1. The zero-order valence-electron chi connectivity index (χ0n) is 21.0. The Balaban J connectivity index is 1.30. The van der Waals surface area contributed by atoms with Crippen LogP contribution in [0.2, 0.25) is 0 Å².